The maximum Gasteiger partial charge on any atom is 0.265 e. The highest BCUT2D eigenvalue weighted by Crippen LogP contribution is 2.23. The molecule has 1 N–H and O–H groups in total. The smallest absolute Gasteiger partial charge is 0.263 e. The van der Waals surface area contributed by atoms with Crippen molar-refractivity contribution in [3.05, 3.63) is 42.1 Å². The van der Waals surface area contributed by atoms with Crippen LogP contribution >= 0.6 is 24.1 Å². The molecule has 0 atom stereocenters. The summed E-state index contributed by atoms with van der Waals surface area (Å²) in [4.78, 5) is 4.10. The van der Waals surface area contributed by atoms with Crippen LogP contribution in [-0.4, -0.2) is 22.1 Å². The molecule has 2 heterocycles. The number of benzene rings is 1. The lowest BCUT2D eigenvalue weighted by Crippen LogP contribution is -2.14. The normalized spacial score (nSPS) is 11.1. The van der Waals surface area contributed by atoms with E-state index in [0.717, 1.165) is 17.3 Å². The second kappa shape index (κ2) is 5.92. The molecule has 0 amide bonds. The Balaban J connectivity index is 0.00000161. The fourth-order valence-electron chi connectivity index (χ4n) is 1.78. The van der Waals surface area contributed by atoms with E-state index < -0.39 is 10.0 Å². The number of halogens is 1. The molecule has 3 rings (SSSR count). The zero-order valence-electron chi connectivity index (χ0n) is 10.8. The third-order valence-corrected chi connectivity index (χ3v) is 4.62. The first-order valence-electron chi connectivity index (χ1n) is 5.73. The highest BCUT2D eigenvalue weighted by atomic mass is 35.5. The molecule has 6 nitrogen and oxygen atoms in total. The van der Waals surface area contributed by atoms with Gasteiger partial charge in [0.25, 0.3) is 10.0 Å². The van der Waals surface area contributed by atoms with Gasteiger partial charge in [-0.1, -0.05) is 6.07 Å². The Morgan fingerprint density at radius 2 is 2.00 bits per heavy atom. The number of hydrogen-bond donors (Lipinski definition) is 1. The molecule has 0 aliphatic rings. The Morgan fingerprint density at radius 3 is 2.76 bits per heavy atom. The fourth-order valence-corrected chi connectivity index (χ4v) is 3.55. The number of pyridine rings is 1. The van der Waals surface area contributed by atoms with Gasteiger partial charge in [0.1, 0.15) is 21.7 Å². The van der Waals surface area contributed by atoms with Crippen LogP contribution in [0.15, 0.2) is 41.4 Å². The van der Waals surface area contributed by atoms with E-state index in [4.69, 9.17) is 0 Å². The number of rotatable bonds is 3. The van der Waals surface area contributed by atoms with Crippen LogP contribution in [0.1, 0.15) is 5.56 Å². The van der Waals surface area contributed by atoms with Crippen molar-refractivity contribution in [2.75, 3.05) is 4.72 Å². The number of anilines is 1. The lowest BCUT2D eigenvalue weighted by molar-refractivity contribution is 0.601. The van der Waals surface area contributed by atoms with E-state index in [1.54, 1.807) is 30.5 Å². The monoisotopic (exact) mass is 342 g/mol. The van der Waals surface area contributed by atoms with E-state index in [1.807, 2.05) is 6.92 Å². The van der Waals surface area contributed by atoms with Gasteiger partial charge in [-0.05, 0) is 36.8 Å². The minimum absolute atomic E-state index is 0. The molecular formula is C12H11ClN4O2S2. The van der Waals surface area contributed by atoms with E-state index in [9.17, 15) is 8.42 Å². The third-order valence-electron chi connectivity index (χ3n) is 2.69. The Kier molecular flexibility index (Phi) is 4.40. The quantitative estimate of drug-likeness (QED) is 0.790. The average Bonchev–Trinajstić information content (AvgIpc) is 2.85. The van der Waals surface area contributed by atoms with Crippen molar-refractivity contribution in [3.8, 4) is 0 Å². The molecule has 0 radical (unpaired) electrons. The van der Waals surface area contributed by atoms with Crippen LogP contribution in [0.3, 0.4) is 0 Å². The van der Waals surface area contributed by atoms with Crippen molar-refractivity contribution in [3.63, 3.8) is 0 Å². The van der Waals surface area contributed by atoms with Gasteiger partial charge in [0, 0.05) is 6.20 Å². The molecule has 0 aliphatic heterocycles. The number of hydrogen-bond acceptors (Lipinski definition) is 6. The summed E-state index contributed by atoms with van der Waals surface area (Å²) in [6.45, 7) is 1.87. The number of aryl methyl sites for hydroxylation is 1. The molecule has 9 heteroatoms. The SMILES string of the molecule is Cc1ccnc(NS(=O)(=O)c2cccc3nsnc23)c1.Cl. The lowest BCUT2D eigenvalue weighted by atomic mass is 10.3. The first-order valence-corrected chi connectivity index (χ1v) is 7.94. The zero-order valence-corrected chi connectivity index (χ0v) is 13.3. The second-order valence-corrected chi connectivity index (χ2v) is 6.39. The number of nitrogens with one attached hydrogen (secondary N) is 1. The topological polar surface area (TPSA) is 84.8 Å². The van der Waals surface area contributed by atoms with E-state index in [0.29, 0.717) is 11.0 Å². The van der Waals surface area contributed by atoms with Crippen molar-refractivity contribution in [2.24, 2.45) is 0 Å². The minimum Gasteiger partial charge on any atom is -0.263 e. The van der Waals surface area contributed by atoms with Gasteiger partial charge >= 0.3 is 0 Å². The third kappa shape index (κ3) is 3.12. The minimum atomic E-state index is -3.73. The van der Waals surface area contributed by atoms with Gasteiger partial charge < -0.3 is 0 Å². The van der Waals surface area contributed by atoms with E-state index in [1.165, 1.54) is 6.07 Å². The molecule has 0 spiro atoms. The molecule has 0 unspecified atom stereocenters. The van der Waals surface area contributed by atoms with Gasteiger partial charge in [-0.3, -0.25) is 4.72 Å². The van der Waals surface area contributed by atoms with Gasteiger partial charge in [-0.15, -0.1) is 12.4 Å². The Labute approximate surface area is 132 Å². The summed E-state index contributed by atoms with van der Waals surface area (Å²) < 4.78 is 35.3. The van der Waals surface area contributed by atoms with Crippen LogP contribution in [-0.2, 0) is 10.0 Å². The molecule has 0 saturated heterocycles. The highest BCUT2D eigenvalue weighted by molar-refractivity contribution is 7.93. The Morgan fingerprint density at radius 1 is 1.19 bits per heavy atom. The predicted octanol–water partition coefficient (Wildman–Crippen LogP) is 2.62. The summed E-state index contributed by atoms with van der Waals surface area (Å²) in [7, 11) is -3.73. The Bertz CT molecular complexity index is 880. The molecular weight excluding hydrogens is 332 g/mol. The van der Waals surface area contributed by atoms with Crippen molar-refractivity contribution < 1.29 is 8.42 Å². The van der Waals surface area contributed by atoms with Crippen molar-refractivity contribution in [1.82, 2.24) is 13.7 Å². The molecule has 21 heavy (non-hydrogen) atoms. The highest BCUT2D eigenvalue weighted by Gasteiger charge is 2.20. The van der Waals surface area contributed by atoms with Crippen LogP contribution in [0.5, 0.6) is 0 Å². The fraction of sp³-hybridized carbons (Fsp3) is 0.0833. The van der Waals surface area contributed by atoms with Crippen LogP contribution in [0, 0.1) is 6.92 Å². The molecule has 110 valence electrons. The standard InChI is InChI=1S/C12H10N4O2S2.ClH/c1-8-5-6-13-11(7-8)16-20(17,18)10-4-2-3-9-12(10)15-19-14-9;/h2-7H,1H3,(H,13,16);1H. The van der Waals surface area contributed by atoms with Crippen molar-refractivity contribution in [2.45, 2.75) is 11.8 Å². The van der Waals surface area contributed by atoms with Gasteiger partial charge in [0.15, 0.2) is 0 Å². The van der Waals surface area contributed by atoms with Crippen LogP contribution in [0.4, 0.5) is 5.82 Å². The summed E-state index contributed by atoms with van der Waals surface area (Å²) in [6.07, 6.45) is 1.55. The maximum atomic E-state index is 12.4. The van der Waals surface area contributed by atoms with E-state index in [2.05, 4.69) is 18.5 Å². The van der Waals surface area contributed by atoms with E-state index >= 15 is 0 Å². The van der Waals surface area contributed by atoms with Crippen LogP contribution in [0.2, 0.25) is 0 Å². The molecule has 1 aromatic carbocycles. The first-order chi connectivity index (χ1) is 9.56. The van der Waals surface area contributed by atoms with Gasteiger partial charge in [0.05, 0.1) is 11.7 Å². The Hall–Kier alpha value is -1.77. The molecule has 0 aliphatic carbocycles. The largest absolute Gasteiger partial charge is 0.265 e. The number of aromatic nitrogens is 3. The van der Waals surface area contributed by atoms with Crippen molar-refractivity contribution >= 4 is 51.0 Å². The number of fused-ring (bicyclic) bond motifs is 1. The maximum absolute atomic E-state index is 12.4. The lowest BCUT2D eigenvalue weighted by Gasteiger charge is -2.07. The number of nitrogens with zero attached hydrogens (tertiary/aromatic N) is 3. The summed E-state index contributed by atoms with van der Waals surface area (Å²) in [5, 5.41) is 0. The van der Waals surface area contributed by atoms with E-state index in [-0.39, 0.29) is 23.1 Å². The predicted molar refractivity (Wildman–Crippen MR) is 84.4 cm³/mol. The van der Waals surface area contributed by atoms with Gasteiger partial charge in [-0.2, -0.15) is 8.75 Å². The van der Waals surface area contributed by atoms with Crippen LogP contribution < -0.4 is 4.72 Å². The average molecular weight is 343 g/mol. The second-order valence-electron chi connectivity index (χ2n) is 4.21. The molecule has 0 fully saturated rings. The van der Waals surface area contributed by atoms with Crippen molar-refractivity contribution in [1.29, 1.82) is 0 Å². The summed E-state index contributed by atoms with van der Waals surface area (Å²) in [5.41, 5.74) is 1.86. The summed E-state index contributed by atoms with van der Waals surface area (Å²) in [5.74, 6) is 0.283. The van der Waals surface area contributed by atoms with Crippen LogP contribution in [0.25, 0.3) is 11.0 Å². The summed E-state index contributed by atoms with van der Waals surface area (Å²) >= 11 is 0.984. The first kappa shape index (κ1) is 15.6. The summed E-state index contributed by atoms with van der Waals surface area (Å²) in [6, 6.07) is 8.33. The van der Waals surface area contributed by atoms with Gasteiger partial charge in [-0.25, -0.2) is 13.4 Å². The molecule has 0 saturated carbocycles. The van der Waals surface area contributed by atoms with Gasteiger partial charge in [0.2, 0.25) is 0 Å². The molecule has 0 bridgehead atoms. The molecule has 2 aromatic heterocycles. The zero-order chi connectivity index (χ0) is 14.2. The number of sulfonamides is 1. The molecule has 3 aromatic rings.